The van der Waals surface area contributed by atoms with Crippen molar-refractivity contribution in [3.63, 3.8) is 0 Å². The largest absolute Gasteiger partial charge is 0.256 e. The van der Waals surface area contributed by atoms with Crippen LogP contribution in [0.2, 0.25) is 0 Å². The van der Waals surface area contributed by atoms with Crippen molar-refractivity contribution in [3.05, 3.63) is 116 Å². The smallest absolute Gasteiger partial charge is 0.0704 e. The van der Waals surface area contributed by atoms with Gasteiger partial charge in [0.25, 0.3) is 0 Å². The minimum absolute atomic E-state index is 0.799. The van der Waals surface area contributed by atoms with Gasteiger partial charge in [-0.3, -0.25) is 4.99 Å². The van der Waals surface area contributed by atoms with Gasteiger partial charge in [0.15, 0.2) is 0 Å². The molecule has 0 heterocycles. The van der Waals surface area contributed by atoms with E-state index in [1.165, 1.54) is 0 Å². The molecule has 1 aromatic carbocycles. The normalized spacial score (nSPS) is 13.4. The lowest BCUT2D eigenvalue weighted by Crippen LogP contribution is -1.91. The second-order valence-corrected chi connectivity index (χ2v) is 4.77. The van der Waals surface area contributed by atoms with Crippen LogP contribution in [0.25, 0.3) is 5.57 Å². The van der Waals surface area contributed by atoms with Crippen molar-refractivity contribution < 1.29 is 0 Å². The van der Waals surface area contributed by atoms with Crippen molar-refractivity contribution in [2.45, 2.75) is 6.92 Å². The van der Waals surface area contributed by atoms with Crippen LogP contribution < -0.4 is 0 Å². The van der Waals surface area contributed by atoms with Gasteiger partial charge < -0.3 is 0 Å². The number of allylic oxidation sites excluding steroid dienone is 8. The van der Waals surface area contributed by atoms with Crippen molar-refractivity contribution in [1.29, 1.82) is 0 Å². The molecule has 0 spiro atoms. The first-order valence-electron chi connectivity index (χ1n) is 7.39. The minimum atomic E-state index is 0.799. The molecule has 116 valence electrons. The second kappa shape index (κ2) is 9.91. The van der Waals surface area contributed by atoms with Crippen LogP contribution in [0.15, 0.2) is 115 Å². The first-order valence-corrected chi connectivity index (χ1v) is 7.39. The Bertz CT molecular complexity index is 695. The van der Waals surface area contributed by atoms with Crippen LogP contribution in [0.1, 0.15) is 12.5 Å². The van der Waals surface area contributed by atoms with Crippen LogP contribution in [0.4, 0.5) is 0 Å². The third kappa shape index (κ3) is 5.40. The van der Waals surface area contributed by atoms with Crippen LogP contribution in [0.5, 0.6) is 0 Å². The Hall–Kier alpha value is -2.93. The summed E-state index contributed by atoms with van der Waals surface area (Å²) in [6.07, 6.45) is 12.6. The Kier molecular flexibility index (Phi) is 7.81. The average Bonchev–Trinajstić information content (AvgIpc) is 2.60. The summed E-state index contributed by atoms with van der Waals surface area (Å²) in [7, 11) is 0. The van der Waals surface area contributed by atoms with Crippen molar-refractivity contribution in [1.82, 2.24) is 0 Å². The predicted octanol–water partition coefficient (Wildman–Crippen LogP) is 6.09. The highest BCUT2D eigenvalue weighted by atomic mass is 14.7. The molecule has 1 aromatic rings. The lowest BCUT2D eigenvalue weighted by atomic mass is 9.98. The van der Waals surface area contributed by atoms with Gasteiger partial charge in [-0.2, -0.15) is 0 Å². The molecular formula is C22H23N. The van der Waals surface area contributed by atoms with E-state index >= 15 is 0 Å². The van der Waals surface area contributed by atoms with E-state index in [9.17, 15) is 0 Å². The molecule has 1 rings (SSSR count). The zero-order valence-corrected chi connectivity index (χ0v) is 13.7. The van der Waals surface area contributed by atoms with Gasteiger partial charge in [-0.05, 0) is 35.8 Å². The van der Waals surface area contributed by atoms with Gasteiger partial charge in [0.1, 0.15) is 0 Å². The lowest BCUT2D eigenvalue weighted by Gasteiger charge is -2.09. The maximum Gasteiger partial charge on any atom is 0.0704 e. The van der Waals surface area contributed by atoms with E-state index in [0.29, 0.717) is 0 Å². The Labute approximate surface area is 139 Å². The van der Waals surface area contributed by atoms with Gasteiger partial charge in [-0.15, -0.1) is 0 Å². The van der Waals surface area contributed by atoms with Crippen LogP contribution in [-0.4, -0.2) is 6.21 Å². The van der Waals surface area contributed by atoms with Crippen LogP contribution in [0.3, 0.4) is 0 Å². The molecule has 0 radical (unpaired) electrons. The Balaban J connectivity index is 3.51. The van der Waals surface area contributed by atoms with Gasteiger partial charge >= 0.3 is 0 Å². The fraction of sp³-hybridized carbons (Fsp3) is 0.0455. The van der Waals surface area contributed by atoms with Gasteiger partial charge in [0.2, 0.25) is 0 Å². The predicted molar refractivity (Wildman–Crippen MR) is 104 cm³/mol. The topological polar surface area (TPSA) is 12.4 Å². The van der Waals surface area contributed by atoms with Crippen molar-refractivity contribution in [2.75, 3.05) is 0 Å². The molecule has 0 saturated carbocycles. The van der Waals surface area contributed by atoms with E-state index in [4.69, 9.17) is 0 Å². The summed E-state index contributed by atoms with van der Waals surface area (Å²) in [5.74, 6) is 0. The molecule has 1 nitrogen and oxygen atoms in total. The molecule has 1 heteroatoms. The summed E-state index contributed by atoms with van der Waals surface area (Å²) in [4.78, 5) is 4.44. The van der Waals surface area contributed by atoms with Gasteiger partial charge in [-0.1, -0.05) is 81.0 Å². The summed E-state index contributed by atoms with van der Waals surface area (Å²) in [6, 6.07) is 10.1. The fourth-order valence-electron chi connectivity index (χ4n) is 1.99. The quantitative estimate of drug-likeness (QED) is 0.407. The zero-order valence-electron chi connectivity index (χ0n) is 13.7. The summed E-state index contributed by atoms with van der Waals surface area (Å²) >= 11 is 0. The van der Waals surface area contributed by atoms with E-state index in [1.54, 1.807) is 18.4 Å². The molecule has 0 aliphatic heterocycles. The van der Waals surface area contributed by atoms with Crippen LogP contribution in [-0.2, 0) is 0 Å². The van der Waals surface area contributed by atoms with E-state index in [1.807, 2.05) is 43.4 Å². The van der Waals surface area contributed by atoms with Gasteiger partial charge in [-0.25, -0.2) is 0 Å². The maximum absolute atomic E-state index is 4.44. The summed E-state index contributed by atoms with van der Waals surface area (Å²) < 4.78 is 0. The zero-order chi connectivity index (χ0) is 17.1. The molecule has 0 unspecified atom stereocenters. The number of rotatable bonds is 8. The molecular weight excluding hydrogens is 278 g/mol. The third-order valence-electron chi connectivity index (χ3n) is 3.23. The van der Waals surface area contributed by atoms with Crippen molar-refractivity contribution in [2.24, 2.45) is 4.99 Å². The van der Waals surface area contributed by atoms with E-state index in [0.717, 1.165) is 28.0 Å². The molecule has 0 amide bonds. The Morgan fingerprint density at radius 1 is 0.957 bits per heavy atom. The molecule has 0 atom stereocenters. The summed E-state index contributed by atoms with van der Waals surface area (Å²) in [5, 5.41) is 0. The Morgan fingerprint density at radius 3 is 2.17 bits per heavy atom. The third-order valence-corrected chi connectivity index (χ3v) is 3.23. The van der Waals surface area contributed by atoms with Gasteiger partial charge in [0.05, 0.1) is 5.70 Å². The first kappa shape index (κ1) is 18.1. The summed E-state index contributed by atoms with van der Waals surface area (Å²) in [6.45, 7) is 17.2. The van der Waals surface area contributed by atoms with Crippen LogP contribution >= 0.6 is 0 Å². The number of benzene rings is 1. The Morgan fingerprint density at radius 2 is 1.65 bits per heavy atom. The standard InChI is InChI=1S/C22H23N/c1-6-13-22(23-16-7-2)21(18(5)8-3)17-19(9-4)20-14-11-10-12-15-20/h6-17H,1-4H2,5H3/b19-17+,21-18-,22-13-,23-16-. The fourth-order valence-corrected chi connectivity index (χ4v) is 1.99. The number of hydrogen-bond donors (Lipinski definition) is 0. The minimum Gasteiger partial charge on any atom is -0.256 e. The maximum atomic E-state index is 4.44. The molecule has 0 aliphatic carbocycles. The molecule has 0 aliphatic rings. The SMILES string of the molecule is C=C\C=N/C(=C\C=C)C(/C=C(\C=C)c1ccccc1)=C(/C)C=C. The number of nitrogens with zero attached hydrogens (tertiary/aromatic N) is 1. The monoisotopic (exact) mass is 301 g/mol. The molecule has 0 saturated heterocycles. The van der Waals surface area contributed by atoms with Crippen molar-refractivity contribution >= 4 is 11.8 Å². The second-order valence-electron chi connectivity index (χ2n) is 4.77. The van der Waals surface area contributed by atoms with Gasteiger partial charge in [0, 0.05) is 11.8 Å². The van der Waals surface area contributed by atoms with E-state index < -0.39 is 0 Å². The summed E-state index contributed by atoms with van der Waals surface area (Å²) in [5.41, 5.74) is 4.91. The van der Waals surface area contributed by atoms with E-state index in [-0.39, 0.29) is 0 Å². The highest BCUT2D eigenvalue weighted by Crippen LogP contribution is 2.25. The molecule has 0 aromatic heterocycles. The highest BCUT2D eigenvalue weighted by Gasteiger charge is 2.06. The van der Waals surface area contributed by atoms with Crippen molar-refractivity contribution in [3.8, 4) is 0 Å². The molecule has 0 fully saturated rings. The molecule has 23 heavy (non-hydrogen) atoms. The number of aliphatic imine (C=N–C) groups is 1. The highest BCUT2D eigenvalue weighted by molar-refractivity contribution is 5.78. The number of hydrogen-bond acceptors (Lipinski definition) is 1. The molecule has 0 N–H and O–H groups in total. The first-order chi connectivity index (χ1) is 11.2. The average molecular weight is 301 g/mol. The molecule has 0 bridgehead atoms. The van der Waals surface area contributed by atoms with Crippen LogP contribution in [0, 0.1) is 0 Å². The lowest BCUT2D eigenvalue weighted by molar-refractivity contribution is 1.30. The van der Waals surface area contributed by atoms with E-state index in [2.05, 4.69) is 49.5 Å².